The lowest BCUT2D eigenvalue weighted by atomic mass is 10.2. The summed E-state index contributed by atoms with van der Waals surface area (Å²) in [6, 6.07) is 14.8. The number of aliphatic imine (C=N–C) groups is 1. The number of nitrogens with one attached hydrogen (secondary N) is 2. The van der Waals surface area contributed by atoms with Gasteiger partial charge in [-0.15, -0.1) is 24.0 Å². The van der Waals surface area contributed by atoms with E-state index in [4.69, 9.17) is 4.74 Å². The number of ether oxygens (including phenoxy) is 1. The Bertz CT molecular complexity index is 917. The molecule has 0 aliphatic rings. The monoisotopic (exact) mass is 532 g/mol. The molecule has 0 aromatic heterocycles. The van der Waals surface area contributed by atoms with E-state index in [1.165, 1.54) is 18.4 Å². The Hall–Kier alpha value is -1.85. The molecule has 2 rings (SSSR count). The predicted octanol–water partition coefficient (Wildman–Crippen LogP) is 2.82. The van der Waals surface area contributed by atoms with Crippen LogP contribution in [0.15, 0.2) is 58.4 Å². The summed E-state index contributed by atoms with van der Waals surface area (Å²) in [7, 11) is 1.21. The van der Waals surface area contributed by atoms with Crippen molar-refractivity contribution in [2.45, 2.75) is 24.9 Å². The lowest BCUT2D eigenvalue weighted by molar-refractivity contribution is 0.336. The van der Waals surface area contributed by atoms with Crippen LogP contribution in [0.25, 0.3) is 0 Å². The van der Waals surface area contributed by atoms with E-state index in [1.54, 1.807) is 25.2 Å². The third-order valence-electron chi connectivity index (χ3n) is 4.12. The molecule has 0 bridgehead atoms. The van der Waals surface area contributed by atoms with Crippen molar-refractivity contribution in [3.05, 3.63) is 59.7 Å². The molecule has 2 N–H and O–H groups in total. The van der Waals surface area contributed by atoms with Crippen molar-refractivity contribution in [3.63, 3.8) is 0 Å². The molecule has 0 spiro atoms. The molecular formula is C20H29IN4O3S. The zero-order valence-electron chi connectivity index (χ0n) is 17.2. The third-order valence-corrected chi connectivity index (χ3v) is 6.04. The van der Waals surface area contributed by atoms with Gasteiger partial charge in [-0.1, -0.05) is 36.4 Å². The first-order valence-corrected chi connectivity index (χ1v) is 10.5. The lowest BCUT2D eigenvalue weighted by Crippen LogP contribution is -2.37. The molecule has 0 heterocycles. The van der Waals surface area contributed by atoms with Crippen molar-refractivity contribution in [2.24, 2.45) is 4.99 Å². The molecule has 0 fully saturated rings. The fraction of sp³-hybridized carbons (Fsp3) is 0.350. The van der Waals surface area contributed by atoms with Crippen molar-refractivity contribution in [2.75, 3.05) is 27.7 Å². The van der Waals surface area contributed by atoms with Crippen LogP contribution < -0.4 is 15.4 Å². The van der Waals surface area contributed by atoms with Gasteiger partial charge in [-0.25, -0.2) is 12.7 Å². The molecule has 29 heavy (non-hydrogen) atoms. The second kappa shape index (κ2) is 12.0. The summed E-state index contributed by atoms with van der Waals surface area (Å²) in [5.41, 5.74) is 1.69. The van der Waals surface area contributed by atoms with Gasteiger partial charge in [0, 0.05) is 39.8 Å². The minimum Gasteiger partial charge on any atom is -0.494 e. The van der Waals surface area contributed by atoms with E-state index in [-0.39, 0.29) is 28.9 Å². The topological polar surface area (TPSA) is 83.0 Å². The molecule has 2 aromatic rings. The summed E-state index contributed by atoms with van der Waals surface area (Å²) in [5.74, 6) is 1.40. The lowest BCUT2D eigenvalue weighted by Gasteiger charge is -2.17. The van der Waals surface area contributed by atoms with E-state index in [0.29, 0.717) is 31.2 Å². The number of para-hydroxylation sites is 1. The van der Waals surface area contributed by atoms with Gasteiger partial charge in [-0.2, -0.15) is 0 Å². The molecule has 0 unspecified atom stereocenters. The highest BCUT2D eigenvalue weighted by Crippen LogP contribution is 2.19. The number of sulfonamides is 1. The van der Waals surface area contributed by atoms with Gasteiger partial charge in [0.05, 0.1) is 11.5 Å². The average molecular weight is 532 g/mol. The second-order valence-corrected chi connectivity index (χ2v) is 8.34. The summed E-state index contributed by atoms with van der Waals surface area (Å²) in [6.07, 6.45) is 0. The van der Waals surface area contributed by atoms with Crippen LogP contribution in [-0.2, 0) is 23.1 Å². The maximum absolute atomic E-state index is 12.5. The Kier molecular flexibility index (Phi) is 10.4. The van der Waals surface area contributed by atoms with E-state index in [1.807, 2.05) is 37.3 Å². The number of guanidine groups is 1. The molecule has 0 amide bonds. The molecule has 0 aliphatic carbocycles. The summed E-state index contributed by atoms with van der Waals surface area (Å²) in [5, 5.41) is 6.41. The van der Waals surface area contributed by atoms with Crippen LogP contribution in [0.4, 0.5) is 0 Å². The van der Waals surface area contributed by atoms with Crippen molar-refractivity contribution in [3.8, 4) is 5.75 Å². The standard InChI is InChI=1S/C20H28N4O3S.HI/c1-5-27-18-12-8-6-10-16(18)14-22-20(21-2)23-15-17-11-7-9-13-19(17)28(25,26)24(3)4;/h6-13H,5,14-15H2,1-4H3,(H2,21,22,23);1H. The van der Waals surface area contributed by atoms with Crippen LogP contribution in [0.5, 0.6) is 5.75 Å². The average Bonchev–Trinajstić information content (AvgIpc) is 2.69. The Morgan fingerprint density at radius 3 is 2.14 bits per heavy atom. The highest BCUT2D eigenvalue weighted by molar-refractivity contribution is 14.0. The Balaban J connectivity index is 0.00000420. The van der Waals surface area contributed by atoms with Gasteiger partial charge in [0.25, 0.3) is 0 Å². The van der Waals surface area contributed by atoms with Gasteiger partial charge in [0.2, 0.25) is 10.0 Å². The highest BCUT2D eigenvalue weighted by atomic mass is 127. The van der Waals surface area contributed by atoms with Gasteiger partial charge in [0.1, 0.15) is 5.75 Å². The van der Waals surface area contributed by atoms with Crippen LogP contribution >= 0.6 is 24.0 Å². The van der Waals surface area contributed by atoms with E-state index in [2.05, 4.69) is 15.6 Å². The van der Waals surface area contributed by atoms with Gasteiger partial charge in [-0.3, -0.25) is 4.99 Å². The number of rotatable bonds is 8. The second-order valence-electron chi connectivity index (χ2n) is 6.22. The first-order chi connectivity index (χ1) is 13.4. The van der Waals surface area contributed by atoms with Crippen molar-refractivity contribution in [1.82, 2.24) is 14.9 Å². The molecule has 0 saturated carbocycles. The largest absolute Gasteiger partial charge is 0.494 e. The maximum atomic E-state index is 12.5. The van der Waals surface area contributed by atoms with Crippen LogP contribution in [0, 0.1) is 0 Å². The normalized spacial score (nSPS) is 11.7. The number of halogens is 1. The first-order valence-electron chi connectivity index (χ1n) is 9.05. The SMILES string of the molecule is CCOc1ccccc1CNC(=NC)NCc1ccccc1S(=O)(=O)N(C)C.I. The number of hydrogen-bond acceptors (Lipinski definition) is 4. The van der Waals surface area contributed by atoms with Crippen LogP contribution in [0.2, 0.25) is 0 Å². The summed E-state index contributed by atoms with van der Waals surface area (Å²) in [4.78, 5) is 4.50. The maximum Gasteiger partial charge on any atom is 0.242 e. The van der Waals surface area contributed by atoms with Crippen LogP contribution in [-0.4, -0.2) is 46.4 Å². The van der Waals surface area contributed by atoms with E-state index < -0.39 is 10.0 Å². The van der Waals surface area contributed by atoms with Gasteiger partial charge >= 0.3 is 0 Å². The zero-order chi connectivity index (χ0) is 20.6. The Morgan fingerprint density at radius 2 is 1.55 bits per heavy atom. The molecule has 9 heteroatoms. The summed E-state index contributed by atoms with van der Waals surface area (Å²) < 4.78 is 31.9. The molecule has 160 valence electrons. The minimum absolute atomic E-state index is 0. The van der Waals surface area contributed by atoms with Crippen molar-refractivity contribution in [1.29, 1.82) is 0 Å². The van der Waals surface area contributed by atoms with Crippen molar-refractivity contribution < 1.29 is 13.2 Å². The van der Waals surface area contributed by atoms with Gasteiger partial charge in [-0.05, 0) is 24.6 Å². The van der Waals surface area contributed by atoms with Crippen LogP contribution in [0.3, 0.4) is 0 Å². The van der Waals surface area contributed by atoms with Crippen molar-refractivity contribution >= 4 is 40.0 Å². The molecule has 0 aliphatic heterocycles. The highest BCUT2D eigenvalue weighted by Gasteiger charge is 2.20. The predicted molar refractivity (Wildman–Crippen MR) is 127 cm³/mol. The van der Waals surface area contributed by atoms with Gasteiger partial charge < -0.3 is 15.4 Å². The number of hydrogen-bond donors (Lipinski definition) is 2. The third kappa shape index (κ3) is 6.86. The Morgan fingerprint density at radius 1 is 1.00 bits per heavy atom. The van der Waals surface area contributed by atoms with E-state index >= 15 is 0 Å². The number of benzene rings is 2. The molecule has 0 radical (unpaired) electrons. The fourth-order valence-corrected chi connectivity index (χ4v) is 3.74. The zero-order valence-corrected chi connectivity index (χ0v) is 20.3. The number of nitrogens with zero attached hydrogens (tertiary/aromatic N) is 2. The quantitative estimate of drug-likeness (QED) is 0.311. The Labute approximate surface area is 190 Å². The molecule has 0 saturated heterocycles. The van der Waals surface area contributed by atoms with Crippen LogP contribution in [0.1, 0.15) is 18.1 Å². The van der Waals surface area contributed by atoms with E-state index in [0.717, 1.165) is 11.3 Å². The summed E-state index contributed by atoms with van der Waals surface area (Å²) in [6.45, 7) is 3.41. The summed E-state index contributed by atoms with van der Waals surface area (Å²) >= 11 is 0. The molecule has 0 atom stereocenters. The van der Waals surface area contributed by atoms with E-state index in [9.17, 15) is 8.42 Å². The minimum atomic E-state index is -3.51. The molecule has 2 aromatic carbocycles. The van der Waals surface area contributed by atoms with Gasteiger partial charge in [0.15, 0.2) is 5.96 Å². The first kappa shape index (κ1) is 25.2. The molecular weight excluding hydrogens is 503 g/mol. The molecule has 7 nitrogen and oxygen atoms in total. The smallest absolute Gasteiger partial charge is 0.242 e. The fourth-order valence-electron chi connectivity index (χ4n) is 2.62.